The van der Waals surface area contributed by atoms with Crippen LogP contribution in [0.3, 0.4) is 0 Å². The molecule has 2 heterocycles. The molecule has 0 aliphatic carbocycles. The normalized spacial score (nSPS) is 21.8. The number of ether oxygens (including phenoxy) is 1. The van der Waals surface area contributed by atoms with Crippen LogP contribution in [0.1, 0.15) is 17.4 Å². The summed E-state index contributed by atoms with van der Waals surface area (Å²) >= 11 is 1.81. The molecule has 0 fully saturated rings. The van der Waals surface area contributed by atoms with Gasteiger partial charge in [0, 0.05) is 10.5 Å². The molecule has 1 N–H and O–H groups in total. The first kappa shape index (κ1) is 12.6. The Morgan fingerprint density at radius 1 is 1.26 bits per heavy atom. The Morgan fingerprint density at radius 2 is 2.11 bits per heavy atom. The van der Waals surface area contributed by atoms with Crippen molar-refractivity contribution < 1.29 is 9.15 Å². The third-order valence-corrected chi connectivity index (χ3v) is 4.82. The highest BCUT2D eigenvalue weighted by Gasteiger charge is 2.30. The van der Waals surface area contributed by atoms with Crippen LogP contribution in [0.15, 0.2) is 45.9 Å². The fraction of sp³-hybridized carbons (Fsp3) is 0.333. The van der Waals surface area contributed by atoms with Gasteiger partial charge < -0.3 is 14.5 Å². The van der Waals surface area contributed by atoms with Gasteiger partial charge in [-0.2, -0.15) is 0 Å². The first-order chi connectivity index (χ1) is 9.29. The van der Waals surface area contributed by atoms with Crippen molar-refractivity contribution in [2.45, 2.75) is 23.1 Å². The van der Waals surface area contributed by atoms with E-state index in [0.29, 0.717) is 17.9 Å². The summed E-state index contributed by atoms with van der Waals surface area (Å²) in [5, 5.41) is 3.75. The largest absolute Gasteiger partial charge is 0.492 e. The van der Waals surface area contributed by atoms with E-state index in [1.54, 1.807) is 6.26 Å². The molecular formula is C15H17NO2S. The summed E-state index contributed by atoms with van der Waals surface area (Å²) in [7, 11) is 2.00. The number of rotatable bonds is 3. The molecule has 2 atom stereocenters. The molecule has 0 saturated heterocycles. The lowest BCUT2D eigenvalue weighted by atomic mass is 10.0. The average molecular weight is 275 g/mol. The van der Waals surface area contributed by atoms with Crippen molar-refractivity contribution in [1.82, 2.24) is 5.32 Å². The molecular weight excluding hydrogens is 258 g/mol. The van der Waals surface area contributed by atoms with Crippen LogP contribution in [-0.2, 0) is 0 Å². The first-order valence-corrected chi connectivity index (χ1v) is 7.27. The number of nitrogens with one attached hydrogen (secondary N) is 1. The lowest BCUT2D eigenvalue weighted by molar-refractivity contribution is 0.265. The minimum atomic E-state index is 0.296. The summed E-state index contributed by atoms with van der Waals surface area (Å²) in [6.45, 7) is 2.70. The van der Waals surface area contributed by atoms with E-state index in [4.69, 9.17) is 9.15 Å². The summed E-state index contributed by atoms with van der Waals surface area (Å²) in [6, 6.07) is 10.5. The number of aryl methyl sites for hydroxylation is 1. The Kier molecular flexibility index (Phi) is 3.53. The van der Waals surface area contributed by atoms with Gasteiger partial charge in [-0.1, -0.05) is 18.2 Å². The minimum absolute atomic E-state index is 0.296. The number of hydrogen-bond acceptors (Lipinski definition) is 4. The van der Waals surface area contributed by atoms with Crippen molar-refractivity contribution in [3.8, 4) is 5.75 Å². The molecule has 2 aromatic rings. The summed E-state index contributed by atoms with van der Waals surface area (Å²) in [4.78, 5) is 1.19. The highest BCUT2D eigenvalue weighted by atomic mass is 32.2. The van der Waals surface area contributed by atoms with Crippen LogP contribution < -0.4 is 10.1 Å². The molecule has 1 aliphatic rings. The fourth-order valence-corrected chi connectivity index (χ4v) is 3.67. The zero-order chi connectivity index (χ0) is 13.2. The van der Waals surface area contributed by atoms with Gasteiger partial charge in [-0.05, 0) is 26.1 Å². The summed E-state index contributed by atoms with van der Waals surface area (Å²) < 4.78 is 11.2. The second-order valence-corrected chi connectivity index (χ2v) is 5.89. The molecule has 3 rings (SSSR count). The highest BCUT2D eigenvalue weighted by Crippen LogP contribution is 2.40. The van der Waals surface area contributed by atoms with Gasteiger partial charge >= 0.3 is 0 Å². The van der Waals surface area contributed by atoms with Gasteiger partial charge in [-0.25, -0.2) is 0 Å². The highest BCUT2D eigenvalue weighted by molar-refractivity contribution is 8.00. The average Bonchev–Trinajstić information content (AvgIpc) is 2.84. The van der Waals surface area contributed by atoms with Gasteiger partial charge in [0.1, 0.15) is 18.1 Å². The molecule has 3 nitrogen and oxygen atoms in total. The van der Waals surface area contributed by atoms with Crippen molar-refractivity contribution in [3.63, 3.8) is 0 Å². The molecule has 0 saturated carbocycles. The van der Waals surface area contributed by atoms with E-state index in [9.17, 15) is 0 Å². The Bertz CT molecular complexity index is 567. The quantitative estimate of drug-likeness (QED) is 0.931. The predicted molar refractivity (Wildman–Crippen MR) is 76.8 cm³/mol. The Hall–Kier alpha value is -1.39. The monoisotopic (exact) mass is 275 g/mol. The van der Waals surface area contributed by atoms with E-state index < -0.39 is 0 Å². The number of thioether (sulfide) groups is 1. The van der Waals surface area contributed by atoms with E-state index in [1.165, 1.54) is 10.5 Å². The molecule has 0 bridgehead atoms. The van der Waals surface area contributed by atoms with Crippen molar-refractivity contribution in [2.24, 2.45) is 0 Å². The van der Waals surface area contributed by atoms with E-state index in [-0.39, 0.29) is 0 Å². The molecule has 1 aromatic carbocycles. The lowest BCUT2D eigenvalue weighted by Gasteiger charge is -2.32. The van der Waals surface area contributed by atoms with Gasteiger partial charge in [0.2, 0.25) is 0 Å². The maximum absolute atomic E-state index is 5.87. The molecule has 100 valence electrons. The van der Waals surface area contributed by atoms with Crippen molar-refractivity contribution in [2.75, 3.05) is 13.7 Å². The van der Waals surface area contributed by atoms with Crippen molar-refractivity contribution in [1.29, 1.82) is 0 Å². The summed E-state index contributed by atoms with van der Waals surface area (Å²) in [5.74, 6) is 1.96. The standard InChI is InChI=1S/C15H17NO2S/c1-10-13(7-8-17-10)19-14-9-18-12-6-4-3-5-11(12)15(14)16-2/h3-8,14-16H,9H2,1-2H3. The second kappa shape index (κ2) is 5.31. The van der Waals surface area contributed by atoms with Crippen molar-refractivity contribution >= 4 is 11.8 Å². The van der Waals surface area contributed by atoms with Crippen LogP contribution in [-0.4, -0.2) is 18.9 Å². The molecule has 1 aliphatic heterocycles. The third-order valence-electron chi connectivity index (χ3n) is 3.43. The maximum atomic E-state index is 5.87. The lowest BCUT2D eigenvalue weighted by Crippen LogP contribution is -2.35. The topological polar surface area (TPSA) is 34.4 Å². The molecule has 0 amide bonds. The van der Waals surface area contributed by atoms with E-state index in [1.807, 2.05) is 43.9 Å². The Morgan fingerprint density at radius 3 is 2.84 bits per heavy atom. The Balaban J connectivity index is 1.86. The molecule has 19 heavy (non-hydrogen) atoms. The van der Waals surface area contributed by atoms with Gasteiger partial charge in [-0.15, -0.1) is 11.8 Å². The number of hydrogen-bond donors (Lipinski definition) is 1. The maximum Gasteiger partial charge on any atom is 0.124 e. The van der Waals surface area contributed by atoms with E-state index >= 15 is 0 Å². The van der Waals surface area contributed by atoms with Crippen LogP contribution >= 0.6 is 11.8 Å². The zero-order valence-corrected chi connectivity index (χ0v) is 11.9. The van der Waals surface area contributed by atoms with Crippen LogP contribution in [0.25, 0.3) is 0 Å². The summed E-state index contributed by atoms with van der Waals surface area (Å²) in [5.41, 5.74) is 1.23. The summed E-state index contributed by atoms with van der Waals surface area (Å²) in [6.07, 6.45) is 1.74. The van der Waals surface area contributed by atoms with Gasteiger partial charge in [0.25, 0.3) is 0 Å². The van der Waals surface area contributed by atoms with Crippen LogP contribution in [0.4, 0.5) is 0 Å². The van der Waals surface area contributed by atoms with Gasteiger partial charge in [-0.3, -0.25) is 0 Å². The number of para-hydroxylation sites is 1. The van der Waals surface area contributed by atoms with E-state index in [2.05, 4.69) is 17.4 Å². The van der Waals surface area contributed by atoms with Gasteiger partial charge in [0.15, 0.2) is 0 Å². The predicted octanol–water partition coefficient (Wildman–Crippen LogP) is 3.40. The van der Waals surface area contributed by atoms with E-state index in [0.717, 1.165) is 11.5 Å². The fourth-order valence-electron chi connectivity index (χ4n) is 2.44. The third kappa shape index (κ3) is 2.38. The smallest absolute Gasteiger partial charge is 0.124 e. The second-order valence-electron chi connectivity index (χ2n) is 4.61. The van der Waals surface area contributed by atoms with Crippen LogP contribution in [0.2, 0.25) is 0 Å². The van der Waals surface area contributed by atoms with Crippen LogP contribution in [0.5, 0.6) is 5.75 Å². The molecule has 1 aromatic heterocycles. The van der Waals surface area contributed by atoms with Crippen molar-refractivity contribution in [3.05, 3.63) is 47.9 Å². The number of benzene rings is 1. The van der Waals surface area contributed by atoms with Gasteiger partial charge in [0.05, 0.1) is 17.6 Å². The molecule has 0 radical (unpaired) electrons. The van der Waals surface area contributed by atoms with Crippen LogP contribution in [0, 0.1) is 6.92 Å². The molecule has 2 unspecified atom stereocenters. The first-order valence-electron chi connectivity index (χ1n) is 6.39. The molecule has 0 spiro atoms. The number of fused-ring (bicyclic) bond motifs is 1. The SMILES string of the molecule is CNC1c2ccccc2OCC1Sc1ccoc1C. The Labute approximate surface area is 117 Å². The zero-order valence-electron chi connectivity index (χ0n) is 11.1. The minimum Gasteiger partial charge on any atom is -0.492 e. The molecule has 4 heteroatoms. The number of furan rings is 1.